The Labute approximate surface area is 140 Å². The van der Waals surface area contributed by atoms with Gasteiger partial charge in [-0.1, -0.05) is 6.07 Å². The Morgan fingerprint density at radius 2 is 2.25 bits per heavy atom. The minimum atomic E-state index is -0.275. The molecular formula is C18H22N2O4. The Morgan fingerprint density at radius 1 is 1.42 bits per heavy atom. The van der Waals surface area contributed by atoms with E-state index in [1.54, 1.807) is 18.3 Å². The molecule has 2 N–H and O–H groups in total. The fourth-order valence-corrected chi connectivity index (χ4v) is 2.94. The van der Waals surface area contributed by atoms with Crippen LogP contribution >= 0.6 is 0 Å². The van der Waals surface area contributed by atoms with E-state index >= 15 is 0 Å². The highest BCUT2D eigenvalue weighted by atomic mass is 16.6. The van der Waals surface area contributed by atoms with E-state index in [9.17, 15) is 9.90 Å². The SMILES string of the molecule is CCOc1ccc(C(=O)N[C@H](Cc2ccccn2)C2CC(O)C2)o1. The molecule has 1 fully saturated rings. The van der Waals surface area contributed by atoms with Gasteiger partial charge in [-0.3, -0.25) is 9.78 Å². The molecule has 1 amide bonds. The van der Waals surface area contributed by atoms with Crippen LogP contribution in [0.25, 0.3) is 0 Å². The zero-order chi connectivity index (χ0) is 16.9. The van der Waals surface area contributed by atoms with E-state index in [1.807, 2.05) is 25.1 Å². The first-order valence-corrected chi connectivity index (χ1v) is 8.27. The van der Waals surface area contributed by atoms with Crippen molar-refractivity contribution in [1.29, 1.82) is 0 Å². The Hall–Kier alpha value is -2.34. The smallest absolute Gasteiger partial charge is 0.287 e. The molecule has 1 saturated carbocycles. The third-order valence-electron chi connectivity index (χ3n) is 4.28. The summed E-state index contributed by atoms with van der Waals surface area (Å²) in [6, 6.07) is 8.89. The number of rotatable bonds is 7. The van der Waals surface area contributed by atoms with Gasteiger partial charge in [-0.2, -0.15) is 0 Å². The maximum Gasteiger partial charge on any atom is 0.287 e. The maximum atomic E-state index is 12.4. The van der Waals surface area contributed by atoms with Crippen LogP contribution in [0.4, 0.5) is 0 Å². The summed E-state index contributed by atoms with van der Waals surface area (Å²) < 4.78 is 10.6. The number of aromatic nitrogens is 1. The highest BCUT2D eigenvalue weighted by molar-refractivity contribution is 5.91. The molecule has 0 aliphatic heterocycles. The molecule has 0 bridgehead atoms. The van der Waals surface area contributed by atoms with Crippen LogP contribution in [0.3, 0.4) is 0 Å². The predicted molar refractivity (Wildman–Crippen MR) is 87.8 cm³/mol. The fourth-order valence-electron chi connectivity index (χ4n) is 2.94. The lowest BCUT2D eigenvalue weighted by Gasteiger charge is -2.37. The van der Waals surface area contributed by atoms with Gasteiger partial charge >= 0.3 is 0 Å². The molecule has 24 heavy (non-hydrogen) atoms. The van der Waals surface area contributed by atoms with Crippen LogP contribution in [-0.4, -0.2) is 34.8 Å². The second-order valence-corrected chi connectivity index (χ2v) is 6.04. The monoisotopic (exact) mass is 330 g/mol. The minimum Gasteiger partial charge on any atom is -0.465 e. The molecule has 2 aromatic heterocycles. The number of aliphatic hydroxyl groups excluding tert-OH is 1. The predicted octanol–water partition coefficient (Wildman–Crippen LogP) is 2.19. The van der Waals surface area contributed by atoms with Crippen LogP contribution < -0.4 is 10.1 Å². The van der Waals surface area contributed by atoms with Crippen molar-refractivity contribution in [2.75, 3.05) is 6.61 Å². The van der Waals surface area contributed by atoms with Crippen molar-refractivity contribution in [2.45, 2.75) is 38.3 Å². The summed E-state index contributed by atoms with van der Waals surface area (Å²) >= 11 is 0. The Kier molecular flexibility index (Phi) is 5.15. The van der Waals surface area contributed by atoms with Gasteiger partial charge in [0, 0.05) is 30.4 Å². The summed E-state index contributed by atoms with van der Waals surface area (Å²) in [6.45, 7) is 2.34. The first-order chi connectivity index (χ1) is 11.7. The molecule has 1 atom stereocenters. The molecule has 2 aromatic rings. The second-order valence-electron chi connectivity index (χ2n) is 6.04. The number of hydrogen-bond acceptors (Lipinski definition) is 5. The zero-order valence-corrected chi connectivity index (χ0v) is 13.6. The van der Waals surface area contributed by atoms with Crippen molar-refractivity contribution < 1.29 is 19.1 Å². The second kappa shape index (κ2) is 7.49. The van der Waals surface area contributed by atoms with Gasteiger partial charge in [-0.25, -0.2) is 0 Å². The molecule has 0 aromatic carbocycles. The van der Waals surface area contributed by atoms with Crippen molar-refractivity contribution in [1.82, 2.24) is 10.3 Å². The summed E-state index contributed by atoms with van der Waals surface area (Å²) in [5.74, 6) is 0.530. The lowest BCUT2D eigenvalue weighted by molar-refractivity contribution is 0.0234. The summed E-state index contributed by atoms with van der Waals surface area (Å²) in [4.78, 5) is 16.8. The third-order valence-corrected chi connectivity index (χ3v) is 4.28. The van der Waals surface area contributed by atoms with E-state index in [2.05, 4.69) is 10.3 Å². The zero-order valence-electron chi connectivity index (χ0n) is 13.6. The van der Waals surface area contributed by atoms with Crippen LogP contribution in [0.2, 0.25) is 0 Å². The van der Waals surface area contributed by atoms with Gasteiger partial charge in [-0.15, -0.1) is 0 Å². The summed E-state index contributed by atoms with van der Waals surface area (Å²) in [7, 11) is 0. The number of carbonyl (C=O) groups excluding carboxylic acids is 1. The van der Waals surface area contributed by atoms with E-state index in [-0.39, 0.29) is 29.7 Å². The first kappa shape index (κ1) is 16.5. The summed E-state index contributed by atoms with van der Waals surface area (Å²) in [5, 5.41) is 12.6. The number of carbonyl (C=O) groups is 1. The van der Waals surface area contributed by atoms with Gasteiger partial charge < -0.3 is 19.6 Å². The lowest BCUT2D eigenvalue weighted by Crippen LogP contribution is -2.48. The number of amides is 1. The first-order valence-electron chi connectivity index (χ1n) is 8.27. The normalized spacial score (nSPS) is 20.9. The molecule has 6 heteroatoms. The van der Waals surface area contributed by atoms with Gasteiger partial charge in [0.05, 0.1) is 12.7 Å². The van der Waals surface area contributed by atoms with Gasteiger partial charge in [0.2, 0.25) is 0 Å². The van der Waals surface area contributed by atoms with Crippen LogP contribution in [0.15, 0.2) is 40.9 Å². The average Bonchev–Trinajstić information content (AvgIpc) is 3.01. The summed E-state index contributed by atoms with van der Waals surface area (Å²) in [5.41, 5.74) is 0.915. The molecule has 1 aliphatic rings. The number of hydrogen-bond donors (Lipinski definition) is 2. The Bertz CT molecular complexity index is 665. The van der Waals surface area contributed by atoms with Gasteiger partial charge in [-0.05, 0) is 43.9 Å². The highest BCUT2D eigenvalue weighted by Gasteiger charge is 2.35. The number of nitrogens with zero attached hydrogens (tertiary/aromatic N) is 1. The van der Waals surface area contributed by atoms with Crippen LogP contribution in [0.1, 0.15) is 36.0 Å². The molecule has 2 heterocycles. The number of pyridine rings is 1. The molecule has 128 valence electrons. The number of ether oxygens (including phenoxy) is 1. The van der Waals surface area contributed by atoms with E-state index < -0.39 is 0 Å². The molecule has 0 radical (unpaired) electrons. The Balaban J connectivity index is 1.67. The quantitative estimate of drug-likeness (QED) is 0.813. The molecule has 0 spiro atoms. The van der Waals surface area contributed by atoms with E-state index in [4.69, 9.17) is 9.15 Å². The molecule has 0 saturated heterocycles. The van der Waals surface area contributed by atoms with E-state index in [0.717, 1.165) is 5.69 Å². The number of nitrogens with one attached hydrogen (secondary N) is 1. The molecule has 6 nitrogen and oxygen atoms in total. The van der Waals surface area contributed by atoms with Crippen molar-refractivity contribution in [3.05, 3.63) is 48.0 Å². The summed E-state index contributed by atoms with van der Waals surface area (Å²) in [6.07, 6.45) is 3.49. The largest absolute Gasteiger partial charge is 0.465 e. The van der Waals surface area contributed by atoms with Crippen molar-refractivity contribution in [2.24, 2.45) is 5.92 Å². The molecule has 0 unspecified atom stereocenters. The number of furan rings is 1. The van der Waals surface area contributed by atoms with E-state index in [0.29, 0.717) is 31.8 Å². The molecule has 1 aliphatic carbocycles. The highest BCUT2D eigenvalue weighted by Crippen LogP contribution is 2.31. The third kappa shape index (κ3) is 3.94. The average molecular weight is 330 g/mol. The van der Waals surface area contributed by atoms with Crippen LogP contribution in [-0.2, 0) is 6.42 Å². The topological polar surface area (TPSA) is 84.6 Å². The maximum absolute atomic E-state index is 12.4. The molecule has 3 rings (SSSR count). The fraction of sp³-hybridized carbons (Fsp3) is 0.444. The minimum absolute atomic E-state index is 0.0866. The van der Waals surface area contributed by atoms with Gasteiger partial charge in [0.1, 0.15) is 0 Å². The van der Waals surface area contributed by atoms with Gasteiger partial charge in [0.15, 0.2) is 5.76 Å². The van der Waals surface area contributed by atoms with Crippen molar-refractivity contribution >= 4 is 5.91 Å². The van der Waals surface area contributed by atoms with Crippen molar-refractivity contribution in [3.63, 3.8) is 0 Å². The van der Waals surface area contributed by atoms with Gasteiger partial charge in [0.25, 0.3) is 11.9 Å². The Morgan fingerprint density at radius 3 is 2.92 bits per heavy atom. The van der Waals surface area contributed by atoms with Crippen LogP contribution in [0, 0.1) is 5.92 Å². The van der Waals surface area contributed by atoms with Crippen molar-refractivity contribution in [3.8, 4) is 5.95 Å². The lowest BCUT2D eigenvalue weighted by atomic mass is 9.76. The van der Waals surface area contributed by atoms with Crippen LogP contribution in [0.5, 0.6) is 5.95 Å². The standard InChI is InChI=1S/C18H22N2O4/c1-2-23-17-7-6-16(24-17)18(22)20-15(12-9-14(21)10-12)11-13-5-3-4-8-19-13/h3-8,12,14-15,21H,2,9-11H2,1H3,(H,20,22)/t12?,14?,15-/m1/s1. The number of aliphatic hydroxyl groups is 1. The molecular weight excluding hydrogens is 308 g/mol. The van der Waals surface area contributed by atoms with E-state index in [1.165, 1.54) is 0 Å².